The Morgan fingerprint density at radius 3 is 2.33 bits per heavy atom. The molecule has 1 N–H and O–H groups in total. The van der Waals surface area contributed by atoms with E-state index in [-0.39, 0.29) is 11.4 Å². The Morgan fingerprint density at radius 2 is 1.78 bits per heavy atom. The number of hydrogen-bond donors (Lipinski definition) is 1. The fourth-order valence-electron chi connectivity index (χ4n) is 1.37. The minimum absolute atomic E-state index is 0.232. The van der Waals surface area contributed by atoms with Crippen molar-refractivity contribution in [3.8, 4) is 11.5 Å². The van der Waals surface area contributed by atoms with Gasteiger partial charge in [0.15, 0.2) is 11.5 Å². The van der Waals surface area contributed by atoms with Crippen molar-refractivity contribution < 1.29 is 14.6 Å². The van der Waals surface area contributed by atoms with Crippen LogP contribution in [0.3, 0.4) is 0 Å². The van der Waals surface area contributed by atoms with Gasteiger partial charge in [0.25, 0.3) is 0 Å². The first-order valence-corrected chi connectivity index (χ1v) is 7.34. The Balaban J connectivity index is 2.35. The summed E-state index contributed by atoms with van der Waals surface area (Å²) in [4.78, 5) is 0. The molecule has 102 valence electrons. The van der Waals surface area contributed by atoms with Crippen LogP contribution in [-0.4, -0.2) is 35.4 Å². The number of ether oxygens (including phenoxy) is 2. The van der Waals surface area contributed by atoms with Gasteiger partial charge < -0.3 is 14.6 Å². The number of aliphatic hydroxyl groups excluding tert-OH is 1. The fourth-order valence-corrected chi connectivity index (χ4v) is 2.20. The standard InChI is InChI=1S/C14H22O3S/c1-4-16-13-7-5-6-8-14(13)17-9-10-18-12(3)11(2)15/h5-8,11-12,15H,4,9-10H2,1-3H3. The lowest BCUT2D eigenvalue weighted by molar-refractivity contribution is 0.196. The predicted molar refractivity (Wildman–Crippen MR) is 76.7 cm³/mol. The van der Waals surface area contributed by atoms with E-state index in [9.17, 15) is 5.11 Å². The highest BCUT2D eigenvalue weighted by atomic mass is 32.2. The van der Waals surface area contributed by atoms with Crippen LogP contribution >= 0.6 is 11.8 Å². The zero-order valence-corrected chi connectivity index (χ0v) is 12.1. The van der Waals surface area contributed by atoms with Crippen molar-refractivity contribution in [1.29, 1.82) is 0 Å². The third-order valence-corrected chi connectivity index (χ3v) is 3.87. The fraction of sp³-hybridized carbons (Fsp3) is 0.571. The van der Waals surface area contributed by atoms with E-state index < -0.39 is 0 Å². The van der Waals surface area contributed by atoms with Crippen LogP contribution in [0.1, 0.15) is 20.8 Å². The molecule has 2 atom stereocenters. The van der Waals surface area contributed by atoms with Gasteiger partial charge in [-0.1, -0.05) is 19.1 Å². The largest absolute Gasteiger partial charge is 0.490 e. The molecule has 0 bridgehead atoms. The van der Waals surface area contributed by atoms with Gasteiger partial charge in [0.1, 0.15) is 0 Å². The van der Waals surface area contributed by atoms with Gasteiger partial charge in [0, 0.05) is 11.0 Å². The summed E-state index contributed by atoms with van der Waals surface area (Å²) in [5, 5.41) is 9.60. The number of rotatable bonds is 8. The van der Waals surface area contributed by atoms with Crippen molar-refractivity contribution in [2.45, 2.75) is 32.1 Å². The Morgan fingerprint density at radius 1 is 1.17 bits per heavy atom. The Hall–Kier alpha value is -0.870. The van der Waals surface area contributed by atoms with E-state index in [2.05, 4.69) is 0 Å². The molecule has 0 spiro atoms. The summed E-state index contributed by atoms with van der Waals surface area (Å²) < 4.78 is 11.2. The van der Waals surface area contributed by atoms with Crippen LogP contribution in [0.4, 0.5) is 0 Å². The monoisotopic (exact) mass is 270 g/mol. The van der Waals surface area contributed by atoms with Crippen molar-refractivity contribution in [1.82, 2.24) is 0 Å². The van der Waals surface area contributed by atoms with Crippen LogP contribution in [0.5, 0.6) is 11.5 Å². The van der Waals surface area contributed by atoms with Crippen molar-refractivity contribution in [3.05, 3.63) is 24.3 Å². The summed E-state index contributed by atoms with van der Waals surface area (Å²) in [7, 11) is 0. The molecule has 18 heavy (non-hydrogen) atoms. The Labute approximate surface area is 113 Å². The molecule has 0 saturated heterocycles. The second-order valence-electron chi connectivity index (χ2n) is 4.04. The van der Waals surface area contributed by atoms with Crippen molar-refractivity contribution >= 4 is 11.8 Å². The lowest BCUT2D eigenvalue weighted by Gasteiger charge is -2.15. The highest BCUT2D eigenvalue weighted by Gasteiger charge is 2.09. The Kier molecular flexibility index (Phi) is 6.98. The first-order valence-electron chi connectivity index (χ1n) is 6.29. The molecule has 0 aliphatic heterocycles. The van der Waals surface area contributed by atoms with Crippen molar-refractivity contribution in [2.75, 3.05) is 19.0 Å². The zero-order chi connectivity index (χ0) is 13.4. The topological polar surface area (TPSA) is 38.7 Å². The molecule has 0 saturated carbocycles. The molecule has 3 nitrogen and oxygen atoms in total. The zero-order valence-electron chi connectivity index (χ0n) is 11.3. The summed E-state index contributed by atoms with van der Waals surface area (Å²) in [6, 6.07) is 7.68. The Bertz CT molecular complexity index is 342. The van der Waals surface area contributed by atoms with E-state index in [0.717, 1.165) is 17.3 Å². The van der Waals surface area contributed by atoms with Gasteiger partial charge in [0.05, 0.1) is 19.3 Å². The molecule has 1 rings (SSSR count). The maximum atomic E-state index is 9.37. The van der Waals surface area contributed by atoms with Gasteiger partial charge in [-0.3, -0.25) is 0 Å². The molecule has 1 aromatic carbocycles. The third-order valence-electron chi connectivity index (χ3n) is 2.55. The van der Waals surface area contributed by atoms with Gasteiger partial charge in [-0.25, -0.2) is 0 Å². The molecule has 4 heteroatoms. The average Bonchev–Trinajstić information content (AvgIpc) is 2.36. The SMILES string of the molecule is CCOc1ccccc1OCCSC(C)C(C)O. The highest BCUT2D eigenvalue weighted by molar-refractivity contribution is 7.99. The van der Waals surface area contributed by atoms with Gasteiger partial charge in [-0.2, -0.15) is 11.8 Å². The smallest absolute Gasteiger partial charge is 0.161 e. The van der Waals surface area contributed by atoms with Crippen molar-refractivity contribution in [2.24, 2.45) is 0 Å². The predicted octanol–water partition coefficient (Wildman–Crippen LogP) is 2.97. The second kappa shape index (κ2) is 8.27. The molecular weight excluding hydrogens is 248 g/mol. The minimum Gasteiger partial charge on any atom is -0.490 e. The molecule has 0 amide bonds. The van der Waals surface area contributed by atoms with Crippen molar-refractivity contribution in [3.63, 3.8) is 0 Å². The average molecular weight is 270 g/mol. The molecule has 1 aromatic rings. The molecule has 0 fully saturated rings. The number of benzene rings is 1. The summed E-state index contributed by atoms with van der Waals surface area (Å²) in [6.07, 6.45) is -0.286. The molecule has 0 heterocycles. The van der Waals surface area contributed by atoms with Gasteiger partial charge >= 0.3 is 0 Å². The first-order chi connectivity index (χ1) is 8.65. The third kappa shape index (κ3) is 5.19. The lowest BCUT2D eigenvalue weighted by Crippen LogP contribution is -2.17. The van der Waals surface area contributed by atoms with Gasteiger partial charge in [0.2, 0.25) is 0 Å². The van der Waals surface area contributed by atoms with Crippen LogP contribution in [0.25, 0.3) is 0 Å². The van der Waals surface area contributed by atoms with E-state index in [4.69, 9.17) is 9.47 Å². The van der Waals surface area contributed by atoms with Crippen LogP contribution in [0.15, 0.2) is 24.3 Å². The molecule has 0 radical (unpaired) electrons. The number of aliphatic hydroxyl groups is 1. The summed E-state index contributed by atoms with van der Waals surface area (Å²) >= 11 is 1.71. The van der Waals surface area contributed by atoms with E-state index in [1.807, 2.05) is 45.0 Å². The normalized spacial score (nSPS) is 14.0. The summed E-state index contributed by atoms with van der Waals surface area (Å²) in [5.41, 5.74) is 0. The number of hydrogen-bond acceptors (Lipinski definition) is 4. The van der Waals surface area contributed by atoms with Gasteiger partial charge in [-0.15, -0.1) is 0 Å². The van der Waals surface area contributed by atoms with Crippen LogP contribution in [0.2, 0.25) is 0 Å². The number of thioether (sulfide) groups is 1. The molecule has 0 aliphatic rings. The number of para-hydroxylation sites is 2. The van der Waals surface area contributed by atoms with E-state index in [1.54, 1.807) is 11.8 Å². The van der Waals surface area contributed by atoms with E-state index in [1.165, 1.54) is 0 Å². The van der Waals surface area contributed by atoms with E-state index >= 15 is 0 Å². The molecule has 0 aromatic heterocycles. The maximum Gasteiger partial charge on any atom is 0.161 e. The van der Waals surface area contributed by atoms with E-state index in [0.29, 0.717) is 13.2 Å². The van der Waals surface area contributed by atoms with Crippen LogP contribution < -0.4 is 9.47 Å². The minimum atomic E-state index is -0.286. The van der Waals surface area contributed by atoms with Crippen LogP contribution in [-0.2, 0) is 0 Å². The summed E-state index contributed by atoms with van der Waals surface area (Å²) in [5.74, 6) is 2.42. The van der Waals surface area contributed by atoms with Crippen LogP contribution in [0, 0.1) is 0 Å². The molecular formula is C14H22O3S. The molecule has 2 unspecified atom stereocenters. The highest BCUT2D eigenvalue weighted by Crippen LogP contribution is 2.26. The van der Waals surface area contributed by atoms with Gasteiger partial charge in [-0.05, 0) is 26.0 Å². The maximum absolute atomic E-state index is 9.37. The summed E-state index contributed by atoms with van der Waals surface area (Å²) in [6.45, 7) is 7.03. The molecule has 0 aliphatic carbocycles. The second-order valence-corrected chi connectivity index (χ2v) is 5.53. The lowest BCUT2D eigenvalue weighted by atomic mass is 10.3. The first kappa shape index (κ1) is 15.2. The quantitative estimate of drug-likeness (QED) is 0.737.